The predicted molar refractivity (Wildman–Crippen MR) is 111 cm³/mol. The number of methoxy groups -OCH3 is 1. The Morgan fingerprint density at radius 3 is 1.86 bits per heavy atom. The van der Waals surface area contributed by atoms with E-state index >= 15 is 0 Å². The number of benzene rings is 2. The summed E-state index contributed by atoms with van der Waals surface area (Å²) >= 11 is 0. The van der Waals surface area contributed by atoms with Crippen LogP contribution in [0.1, 0.15) is 6.42 Å². The van der Waals surface area contributed by atoms with Crippen LogP contribution in [0.15, 0.2) is 48.5 Å². The van der Waals surface area contributed by atoms with Crippen molar-refractivity contribution in [2.45, 2.75) is 6.42 Å². The summed E-state index contributed by atoms with van der Waals surface area (Å²) in [5.74, 6) is -0.00848. The van der Waals surface area contributed by atoms with Crippen LogP contribution >= 0.6 is 0 Å². The van der Waals surface area contributed by atoms with Crippen LogP contribution in [0.5, 0.6) is 5.75 Å². The number of hydrogen-bond acceptors (Lipinski definition) is 5. The number of ether oxygens (including phenoxy) is 1. The summed E-state index contributed by atoms with van der Waals surface area (Å²) in [7, 11) is 3.70. The van der Waals surface area contributed by atoms with Crippen molar-refractivity contribution in [3.63, 3.8) is 0 Å². The van der Waals surface area contributed by atoms with Crippen molar-refractivity contribution in [3.8, 4) is 5.75 Å². The van der Waals surface area contributed by atoms with Gasteiger partial charge in [0.15, 0.2) is 0 Å². The van der Waals surface area contributed by atoms with Crippen molar-refractivity contribution < 1.29 is 14.3 Å². The summed E-state index contributed by atoms with van der Waals surface area (Å²) in [6.07, 6.45) is -0.244. The molecular formula is C21H26N4O3. The lowest BCUT2D eigenvalue weighted by Crippen LogP contribution is -2.44. The van der Waals surface area contributed by atoms with E-state index in [-0.39, 0.29) is 18.2 Å². The number of nitrogens with zero attached hydrogens (tertiary/aromatic N) is 2. The third-order valence-electron chi connectivity index (χ3n) is 4.71. The Balaban J connectivity index is 1.47. The Morgan fingerprint density at radius 1 is 0.857 bits per heavy atom. The van der Waals surface area contributed by atoms with E-state index in [2.05, 4.69) is 27.5 Å². The van der Waals surface area contributed by atoms with Crippen LogP contribution in [-0.4, -0.2) is 57.1 Å². The van der Waals surface area contributed by atoms with Crippen molar-refractivity contribution in [1.82, 2.24) is 4.90 Å². The molecule has 0 aliphatic carbocycles. The molecule has 2 aromatic rings. The van der Waals surface area contributed by atoms with Gasteiger partial charge in [-0.2, -0.15) is 0 Å². The number of piperazine rings is 1. The van der Waals surface area contributed by atoms with Gasteiger partial charge in [0.25, 0.3) is 0 Å². The minimum atomic E-state index is -0.364. The van der Waals surface area contributed by atoms with E-state index < -0.39 is 0 Å². The van der Waals surface area contributed by atoms with Gasteiger partial charge in [-0.1, -0.05) is 0 Å². The molecule has 0 unspecified atom stereocenters. The van der Waals surface area contributed by atoms with E-state index in [9.17, 15) is 9.59 Å². The molecule has 0 radical (unpaired) electrons. The minimum absolute atomic E-state index is 0.244. The molecule has 0 spiro atoms. The van der Waals surface area contributed by atoms with E-state index in [1.165, 1.54) is 0 Å². The van der Waals surface area contributed by atoms with Crippen LogP contribution in [0.3, 0.4) is 0 Å². The van der Waals surface area contributed by atoms with Crippen LogP contribution in [0.2, 0.25) is 0 Å². The molecular weight excluding hydrogens is 356 g/mol. The fourth-order valence-electron chi connectivity index (χ4n) is 3.05. The molecule has 1 aliphatic rings. The zero-order valence-corrected chi connectivity index (χ0v) is 16.3. The largest absolute Gasteiger partial charge is 0.497 e. The number of anilines is 3. The van der Waals surface area contributed by atoms with Crippen LogP contribution in [0.25, 0.3) is 0 Å². The fourth-order valence-corrected chi connectivity index (χ4v) is 3.05. The molecule has 0 saturated carbocycles. The summed E-state index contributed by atoms with van der Waals surface area (Å²) < 4.78 is 5.07. The molecule has 1 aliphatic heterocycles. The highest BCUT2D eigenvalue weighted by molar-refractivity contribution is 6.08. The number of amides is 2. The van der Waals surface area contributed by atoms with Gasteiger partial charge in [0.1, 0.15) is 12.2 Å². The number of hydrogen-bond donors (Lipinski definition) is 2. The summed E-state index contributed by atoms with van der Waals surface area (Å²) in [6, 6.07) is 14.7. The Morgan fingerprint density at radius 2 is 1.36 bits per heavy atom. The van der Waals surface area contributed by atoms with Crippen LogP contribution in [0.4, 0.5) is 17.1 Å². The first-order valence-corrected chi connectivity index (χ1v) is 9.31. The van der Waals surface area contributed by atoms with Gasteiger partial charge in [0, 0.05) is 43.2 Å². The number of nitrogens with one attached hydrogen (secondary N) is 2. The average Bonchev–Trinajstić information content (AvgIpc) is 2.69. The van der Waals surface area contributed by atoms with Gasteiger partial charge in [-0.3, -0.25) is 9.59 Å². The van der Waals surface area contributed by atoms with Gasteiger partial charge in [-0.05, 0) is 55.6 Å². The molecule has 2 N–H and O–H groups in total. The lowest BCUT2D eigenvalue weighted by Gasteiger charge is -2.34. The number of carbonyl (C=O) groups is 2. The molecule has 0 bridgehead atoms. The summed E-state index contributed by atoms with van der Waals surface area (Å²) in [6.45, 7) is 4.07. The van der Waals surface area contributed by atoms with Crippen LogP contribution in [0, 0.1) is 0 Å². The fraction of sp³-hybridized carbons (Fsp3) is 0.333. The van der Waals surface area contributed by atoms with Gasteiger partial charge in [0.05, 0.1) is 7.11 Å². The highest BCUT2D eigenvalue weighted by Gasteiger charge is 2.14. The molecule has 1 heterocycles. The first-order chi connectivity index (χ1) is 13.5. The second kappa shape index (κ2) is 9.23. The Kier molecular flexibility index (Phi) is 6.49. The van der Waals surface area contributed by atoms with Crippen molar-refractivity contribution in [2.75, 3.05) is 55.9 Å². The molecule has 2 amide bonds. The average molecular weight is 382 g/mol. The summed E-state index contributed by atoms with van der Waals surface area (Å²) in [5.41, 5.74) is 2.44. The second-order valence-corrected chi connectivity index (χ2v) is 6.84. The predicted octanol–water partition coefficient (Wildman–Crippen LogP) is 2.41. The van der Waals surface area contributed by atoms with Crippen molar-refractivity contribution >= 4 is 28.9 Å². The monoisotopic (exact) mass is 382 g/mol. The van der Waals surface area contributed by atoms with Gasteiger partial charge < -0.3 is 25.2 Å². The molecule has 28 heavy (non-hydrogen) atoms. The van der Waals surface area contributed by atoms with E-state index in [1.54, 1.807) is 31.4 Å². The molecule has 1 saturated heterocycles. The molecule has 7 nitrogen and oxygen atoms in total. The molecule has 7 heteroatoms. The van der Waals surface area contributed by atoms with Crippen molar-refractivity contribution in [3.05, 3.63) is 48.5 Å². The SMILES string of the molecule is COc1ccc(NC(=O)CC(=O)Nc2ccc(N3CCN(C)CC3)cc2)cc1. The maximum absolute atomic E-state index is 12.1. The zero-order valence-electron chi connectivity index (χ0n) is 16.3. The van der Waals surface area contributed by atoms with E-state index in [4.69, 9.17) is 4.74 Å². The standard InChI is InChI=1S/C21H26N4O3/c1-24-11-13-25(14-12-24)18-7-3-16(4-8-18)22-20(26)15-21(27)23-17-5-9-19(28-2)10-6-17/h3-10H,11-15H2,1-2H3,(H,22,26)(H,23,27). The molecule has 0 atom stereocenters. The van der Waals surface area contributed by atoms with Gasteiger partial charge in [-0.15, -0.1) is 0 Å². The van der Waals surface area contributed by atoms with Crippen LogP contribution < -0.4 is 20.3 Å². The second-order valence-electron chi connectivity index (χ2n) is 6.84. The van der Waals surface area contributed by atoms with Gasteiger partial charge in [0.2, 0.25) is 11.8 Å². The van der Waals surface area contributed by atoms with Gasteiger partial charge in [-0.25, -0.2) is 0 Å². The highest BCUT2D eigenvalue weighted by atomic mass is 16.5. The molecule has 0 aromatic heterocycles. The first-order valence-electron chi connectivity index (χ1n) is 9.31. The van der Waals surface area contributed by atoms with Crippen LogP contribution in [-0.2, 0) is 9.59 Å². The first kappa shape index (κ1) is 19.7. The number of rotatable bonds is 6. The van der Waals surface area contributed by atoms with E-state index in [0.717, 1.165) is 31.9 Å². The maximum atomic E-state index is 12.1. The van der Waals surface area contributed by atoms with Crippen molar-refractivity contribution in [2.24, 2.45) is 0 Å². The van der Waals surface area contributed by atoms with E-state index in [1.807, 2.05) is 24.3 Å². The molecule has 3 rings (SSSR count). The molecule has 148 valence electrons. The number of likely N-dealkylation sites (N-methyl/N-ethyl adjacent to an activating group) is 1. The third kappa shape index (κ3) is 5.47. The molecule has 1 fully saturated rings. The molecule has 2 aromatic carbocycles. The Labute approximate surface area is 165 Å². The van der Waals surface area contributed by atoms with E-state index in [0.29, 0.717) is 17.1 Å². The zero-order chi connectivity index (χ0) is 19.9. The lowest BCUT2D eigenvalue weighted by molar-refractivity contribution is -0.123. The maximum Gasteiger partial charge on any atom is 0.233 e. The normalized spacial score (nSPS) is 14.4. The summed E-state index contributed by atoms with van der Waals surface area (Å²) in [4.78, 5) is 28.8. The quantitative estimate of drug-likeness (QED) is 0.751. The minimum Gasteiger partial charge on any atom is -0.497 e. The Hall–Kier alpha value is -3.06. The Bertz CT molecular complexity index is 797. The third-order valence-corrected chi connectivity index (χ3v) is 4.71. The smallest absolute Gasteiger partial charge is 0.233 e. The van der Waals surface area contributed by atoms with Gasteiger partial charge >= 0.3 is 0 Å². The lowest BCUT2D eigenvalue weighted by atomic mass is 10.2. The topological polar surface area (TPSA) is 73.9 Å². The summed E-state index contributed by atoms with van der Waals surface area (Å²) in [5, 5.41) is 5.47. The highest BCUT2D eigenvalue weighted by Crippen LogP contribution is 2.19. The number of carbonyl (C=O) groups excluding carboxylic acids is 2. The van der Waals surface area contributed by atoms with Crippen molar-refractivity contribution in [1.29, 1.82) is 0 Å².